The highest BCUT2D eigenvalue weighted by Crippen LogP contribution is 1.95. The van der Waals surface area contributed by atoms with E-state index in [2.05, 4.69) is 31.1 Å². The third-order valence-electron chi connectivity index (χ3n) is 1.10. The number of hydrogen-bond donors (Lipinski definition) is 1. The maximum atomic E-state index is 3.05. The number of hydrogen-bond acceptors (Lipinski definition) is 1. The van der Waals surface area contributed by atoms with Crippen molar-refractivity contribution in [1.82, 2.24) is 5.23 Å². The van der Waals surface area contributed by atoms with Gasteiger partial charge in [0.2, 0.25) is 0 Å². The fourth-order valence-corrected chi connectivity index (χ4v) is 0.570. The molecule has 0 unspecified atom stereocenters. The number of nitrogens with one attached hydrogen (secondary N) is 1. The molecular weight excluding hydrogens is 108 g/mol. The van der Waals surface area contributed by atoms with Gasteiger partial charge in [0.15, 0.2) is 7.98 Å². The molecule has 50 valence electrons. The predicted octanol–water partition coefficient (Wildman–Crippen LogP) is -0.0974. The molecule has 0 bridgehead atoms. The van der Waals surface area contributed by atoms with E-state index in [9.17, 15) is 0 Å². The van der Waals surface area contributed by atoms with E-state index in [1.165, 1.54) is 7.28 Å². The van der Waals surface area contributed by atoms with Crippen LogP contribution in [0.4, 0.5) is 0 Å². The molecule has 0 fully saturated rings. The van der Waals surface area contributed by atoms with Crippen LogP contribution in [-0.4, -0.2) is 21.8 Å². The highest BCUT2D eigenvalue weighted by atomic mass is 14.7. The Balaban J connectivity index is 3.04. The summed E-state index contributed by atoms with van der Waals surface area (Å²) in [6, 6.07) is 0. The van der Waals surface area contributed by atoms with Gasteiger partial charge in [-0.05, 0) is 0 Å². The van der Waals surface area contributed by atoms with Gasteiger partial charge in [-0.3, -0.25) is 0 Å². The van der Waals surface area contributed by atoms with Crippen molar-refractivity contribution >= 4 is 15.3 Å². The van der Waals surface area contributed by atoms with Crippen LogP contribution in [-0.2, 0) is 0 Å². The minimum absolute atomic E-state index is 0.790. The highest BCUT2D eigenvalue weighted by molar-refractivity contribution is 6.43. The Labute approximate surface area is 59.6 Å². The van der Waals surface area contributed by atoms with Crippen LogP contribution < -0.4 is 5.23 Å². The van der Waals surface area contributed by atoms with Crippen LogP contribution in [0.5, 0.6) is 0 Å². The van der Waals surface area contributed by atoms with Gasteiger partial charge in [-0.15, -0.1) is 5.98 Å². The minimum Gasteiger partial charge on any atom is -0.359 e. The topological polar surface area (TPSA) is 12.0 Å². The minimum atomic E-state index is 0.790. The lowest BCUT2D eigenvalue weighted by Crippen LogP contribution is -2.07. The molecule has 0 aliphatic carbocycles. The Bertz CT molecular complexity index is 81.1. The first kappa shape index (κ1) is 8.83. The fourth-order valence-electron chi connectivity index (χ4n) is 0.570. The van der Waals surface area contributed by atoms with Gasteiger partial charge in [0.1, 0.15) is 7.28 Å². The largest absolute Gasteiger partial charge is 0.359 e. The van der Waals surface area contributed by atoms with E-state index in [1.54, 1.807) is 0 Å². The summed E-state index contributed by atoms with van der Waals surface area (Å²) in [7, 11) is 3.15. The third kappa shape index (κ3) is 7.83. The Morgan fingerprint density at radius 2 is 2.33 bits per heavy atom. The van der Waals surface area contributed by atoms with Gasteiger partial charge in [-0.1, -0.05) is 25.7 Å². The highest BCUT2D eigenvalue weighted by Gasteiger charge is 1.88. The second kappa shape index (κ2) is 5.96. The molecule has 0 aliphatic rings. The number of rotatable bonds is 4. The molecule has 0 saturated heterocycles. The standard InChI is InChI=1S/C6H15B2N/c1-6(2)8-4-3-5-9-7/h3-4,6,8-9H,5,7H2,1-2H3/b4-3+. The molecule has 0 radical (unpaired) electrons. The van der Waals surface area contributed by atoms with Crippen molar-refractivity contribution in [3.63, 3.8) is 0 Å². The van der Waals surface area contributed by atoms with Gasteiger partial charge in [0.25, 0.3) is 0 Å². The first-order chi connectivity index (χ1) is 4.27. The second-order valence-corrected chi connectivity index (χ2v) is 2.66. The molecule has 0 rings (SSSR count). The summed E-state index contributed by atoms with van der Waals surface area (Å²) in [6.07, 6.45) is 2.17. The predicted molar refractivity (Wildman–Crippen MR) is 47.9 cm³/mol. The molecule has 0 saturated carbocycles. The van der Waals surface area contributed by atoms with Crippen molar-refractivity contribution in [2.75, 3.05) is 6.54 Å². The van der Waals surface area contributed by atoms with Crippen LogP contribution in [0.15, 0.2) is 12.1 Å². The van der Waals surface area contributed by atoms with Crippen molar-refractivity contribution in [1.29, 1.82) is 0 Å². The van der Waals surface area contributed by atoms with E-state index in [-0.39, 0.29) is 0 Å². The summed E-state index contributed by atoms with van der Waals surface area (Å²) >= 11 is 0. The van der Waals surface area contributed by atoms with Crippen molar-refractivity contribution in [2.45, 2.75) is 19.7 Å². The van der Waals surface area contributed by atoms with E-state index in [0.29, 0.717) is 0 Å². The molecule has 0 heterocycles. The molecule has 0 atom stereocenters. The van der Waals surface area contributed by atoms with E-state index >= 15 is 0 Å². The van der Waals surface area contributed by atoms with Crippen LogP contribution in [0, 0.1) is 0 Å². The van der Waals surface area contributed by atoms with E-state index in [1.807, 2.05) is 7.98 Å². The van der Waals surface area contributed by atoms with Crippen LogP contribution in [0.2, 0.25) is 5.82 Å². The quantitative estimate of drug-likeness (QED) is 0.514. The Morgan fingerprint density at radius 3 is 2.78 bits per heavy atom. The first-order valence-corrected chi connectivity index (χ1v) is 3.57. The van der Waals surface area contributed by atoms with Crippen LogP contribution in [0.1, 0.15) is 13.8 Å². The Kier molecular flexibility index (Phi) is 5.84. The summed E-state index contributed by atoms with van der Waals surface area (Å²) < 4.78 is 0. The third-order valence-corrected chi connectivity index (χ3v) is 1.10. The van der Waals surface area contributed by atoms with Crippen molar-refractivity contribution in [3.05, 3.63) is 12.1 Å². The van der Waals surface area contributed by atoms with Crippen LogP contribution in [0.25, 0.3) is 0 Å². The molecule has 0 aliphatic heterocycles. The zero-order valence-corrected chi connectivity index (χ0v) is 6.65. The van der Waals surface area contributed by atoms with Gasteiger partial charge >= 0.3 is 0 Å². The van der Waals surface area contributed by atoms with E-state index in [0.717, 1.165) is 12.4 Å². The molecule has 3 heteroatoms. The van der Waals surface area contributed by atoms with E-state index < -0.39 is 0 Å². The molecule has 0 amide bonds. The average molecular weight is 123 g/mol. The van der Waals surface area contributed by atoms with E-state index in [4.69, 9.17) is 0 Å². The summed E-state index contributed by atoms with van der Waals surface area (Å²) in [4.78, 5) is 0. The van der Waals surface area contributed by atoms with Gasteiger partial charge in [-0.2, -0.15) is 0 Å². The molecule has 0 spiro atoms. The lowest BCUT2D eigenvalue weighted by Gasteiger charge is -1.93. The molecular formula is C6H15B2N. The zero-order chi connectivity index (χ0) is 7.11. The summed E-state index contributed by atoms with van der Waals surface area (Å²) in [5, 5.41) is 3.05. The van der Waals surface area contributed by atoms with Gasteiger partial charge < -0.3 is 5.23 Å². The summed E-state index contributed by atoms with van der Waals surface area (Å²) in [6.45, 7) is 5.44. The molecule has 1 nitrogen and oxygen atoms in total. The summed E-state index contributed by atoms with van der Waals surface area (Å²) in [5.74, 6) is 3.01. The molecule has 0 aromatic rings. The molecule has 0 aromatic carbocycles. The van der Waals surface area contributed by atoms with Crippen molar-refractivity contribution in [3.8, 4) is 0 Å². The SMILES string of the molecule is BNC/C=C/BC(C)C. The molecule has 0 aromatic heterocycles. The smallest absolute Gasteiger partial charge is 0.182 e. The second-order valence-electron chi connectivity index (χ2n) is 2.66. The van der Waals surface area contributed by atoms with Crippen molar-refractivity contribution in [2.24, 2.45) is 0 Å². The average Bonchev–Trinajstić information content (AvgIpc) is 1.80. The van der Waals surface area contributed by atoms with Crippen LogP contribution in [0.3, 0.4) is 0 Å². The zero-order valence-electron chi connectivity index (χ0n) is 6.65. The molecule has 9 heavy (non-hydrogen) atoms. The molecule has 1 N–H and O–H groups in total. The maximum absolute atomic E-state index is 3.05. The lowest BCUT2D eigenvalue weighted by molar-refractivity contribution is 1.06. The summed E-state index contributed by atoms with van der Waals surface area (Å²) in [5.41, 5.74) is 0. The van der Waals surface area contributed by atoms with Crippen molar-refractivity contribution < 1.29 is 0 Å². The lowest BCUT2D eigenvalue weighted by atomic mass is 9.66. The fraction of sp³-hybridized carbons (Fsp3) is 0.667. The Hall–Kier alpha value is -0.170. The Morgan fingerprint density at radius 1 is 1.67 bits per heavy atom. The monoisotopic (exact) mass is 123 g/mol. The van der Waals surface area contributed by atoms with Gasteiger partial charge in [-0.25, -0.2) is 0 Å². The van der Waals surface area contributed by atoms with Crippen LogP contribution >= 0.6 is 0 Å². The first-order valence-electron chi connectivity index (χ1n) is 3.57. The maximum Gasteiger partial charge on any atom is 0.182 e. The van der Waals surface area contributed by atoms with Gasteiger partial charge in [0, 0.05) is 6.54 Å². The normalized spacial score (nSPS) is 11.0. The van der Waals surface area contributed by atoms with Gasteiger partial charge in [0.05, 0.1) is 0 Å².